The Hall–Kier alpha value is -2.36. The zero-order valence-corrected chi connectivity index (χ0v) is 14.8. The molecule has 1 aromatic carbocycles. The molecule has 1 aliphatic heterocycles. The second kappa shape index (κ2) is 8.15. The van der Waals surface area contributed by atoms with Crippen LogP contribution in [0.2, 0.25) is 0 Å². The van der Waals surface area contributed by atoms with E-state index in [1.54, 1.807) is 18.3 Å². The van der Waals surface area contributed by atoms with E-state index in [4.69, 9.17) is 14.4 Å². The molecule has 1 aliphatic rings. The summed E-state index contributed by atoms with van der Waals surface area (Å²) in [6.07, 6.45) is 2.91. The minimum absolute atomic E-state index is 0.516. The van der Waals surface area contributed by atoms with Gasteiger partial charge in [-0.25, -0.2) is 4.98 Å². The Morgan fingerprint density at radius 3 is 2.88 bits per heavy atom. The highest BCUT2D eigenvalue weighted by molar-refractivity contribution is 5.34. The lowest BCUT2D eigenvalue weighted by Crippen LogP contribution is -2.35. The van der Waals surface area contributed by atoms with Gasteiger partial charge in [0.25, 0.3) is 0 Å². The fourth-order valence-corrected chi connectivity index (χ4v) is 3.11. The molecule has 1 fully saturated rings. The molecule has 1 unspecified atom stereocenters. The average Bonchev–Trinajstić information content (AvgIpc) is 3.25. The van der Waals surface area contributed by atoms with E-state index in [1.807, 2.05) is 19.1 Å². The van der Waals surface area contributed by atoms with Crippen LogP contribution in [0, 0.1) is 18.3 Å². The molecule has 1 aromatic heterocycles. The summed E-state index contributed by atoms with van der Waals surface area (Å²) in [4.78, 5) is 9.01. The van der Waals surface area contributed by atoms with E-state index in [1.165, 1.54) is 0 Å². The number of rotatable bonds is 7. The van der Waals surface area contributed by atoms with Crippen molar-refractivity contribution in [2.75, 3.05) is 33.3 Å². The van der Waals surface area contributed by atoms with E-state index in [0.29, 0.717) is 18.2 Å². The summed E-state index contributed by atoms with van der Waals surface area (Å²) in [6.45, 7) is 6.34. The van der Waals surface area contributed by atoms with E-state index in [9.17, 15) is 0 Å². The van der Waals surface area contributed by atoms with Crippen molar-refractivity contribution in [3.63, 3.8) is 0 Å². The maximum Gasteiger partial charge on any atom is 0.208 e. The van der Waals surface area contributed by atoms with Crippen molar-refractivity contribution < 1.29 is 9.15 Å². The first-order valence-electron chi connectivity index (χ1n) is 8.61. The zero-order valence-electron chi connectivity index (χ0n) is 14.8. The molecule has 0 bridgehead atoms. The number of ether oxygens (including phenoxy) is 1. The summed E-state index contributed by atoms with van der Waals surface area (Å²) in [5.41, 5.74) is 0.652. The topological polar surface area (TPSA) is 65.5 Å². The molecule has 3 rings (SSSR count). The fourth-order valence-electron chi connectivity index (χ4n) is 3.11. The van der Waals surface area contributed by atoms with Gasteiger partial charge in [-0.2, -0.15) is 5.26 Å². The summed E-state index contributed by atoms with van der Waals surface area (Å²) < 4.78 is 11.3. The Kier molecular flexibility index (Phi) is 5.69. The highest BCUT2D eigenvalue weighted by Gasteiger charge is 2.26. The first-order chi connectivity index (χ1) is 12.1. The van der Waals surface area contributed by atoms with Crippen molar-refractivity contribution in [3.8, 4) is 11.8 Å². The van der Waals surface area contributed by atoms with Crippen molar-refractivity contribution >= 4 is 0 Å². The van der Waals surface area contributed by atoms with Gasteiger partial charge < -0.3 is 9.15 Å². The molecule has 25 heavy (non-hydrogen) atoms. The van der Waals surface area contributed by atoms with E-state index >= 15 is 0 Å². The number of likely N-dealkylation sites (tertiary alicyclic amines) is 1. The Labute approximate surface area is 148 Å². The number of aryl methyl sites for hydroxylation is 1. The molecule has 1 atom stereocenters. The van der Waals surface area contributed by atoms with E-state index in [2.05, 4.69) is 27.9 Å². The summed E-state index contributed by atoms with van der Waals surface area (Å²) in [7, 11) is 2.13. The van der Waals surface area contributed by atoms with Crippen molar-refractivity contribution in [2.24, 2.45) is 0 Å². The molecule has 0 N–H and O–H groups in total. The Morgan fingerprint density at radius 2 is 2.20 bits per heavy atom. The second-order valence-corrected chi connectivity index (χ2v) is 6.51. The summed E-state index contributed by atoms with van der Waals surface area (Å²) in [6, 6.07) is 9.87. The molecule has 132 valence electrons. The predicted molar refractivity (Wildman–Crippen MR) is 94.2 cm³/mol. The van der Waals surface area contributed by atoms with Gasteiger partial charge in [-0.05, 0) is 51.2 Å². The van der Waals surface area contributed by atoms with Crippen LogP contribution in [-0.4, -0.2) is 54.1 Å². The van der Waals surface area contributed by atoms with Gasteiger partial charge in [-0.15, -0.1) is 0 Å². The lowest BCUT2D eigenvalue weighted by atomic mass is 10.2. The van der Waals surface area contributed by atoms with Crippen LogP contribution in [0.4, 0.5) is 0 Å². The van der Waals surface area contributed by atoms with Gasteiger partial charge in [0.1, 0.15) is 18.1 Å². The molecular formula is C19H24N4O2. The van der Waals surface area contributed by atoms with Gasteiger partial charge in [0.15, 0.2) is 0 Å². The van der Waals surface area contributed by atoms with Crippen molar-refractivity contribution in [3.05, 3.63) is 47.7 Å². The molecule has 0 radical (unpaired) electrons. The van der Waals surface area contributed by atoms with Gasteiger partial charge in [-0.3, -0.25) is 9.80 Å². The van der Waals surface area contributed by atoms with Crippen LogP contribution in [0.5, 0.6) is 5.75 Å². The Bertz CT molecular complexity index is 720. The maximum absolute atomic E-state index is 8.80. The normalized spacial score (nSPS) is 17.8. The van der Waals surface area contributed by atoms with E-state index in [-0.39, 0.29) is 0 Å². The molecule has 2 heterocycles. The van der Waals surface area contributed by atoms with E-state index < -0.39 is 0 Å². The van der Waals surface area contributed by atoms with Crippen LogP contribution in [-0.2, 0) is 6.54 Å². The lowest BCUT2D eigenvalue weighted by Gasteiger charge is -2.23. The average molecular weight is 340 g/mol. The number of likely N-dealkylation sites (N-methyl/N-ethyl adjacent to an activating group) is 1. The first-order valence-corrected chi connectivity index (χ1v) is 8.61. The molecule has 0 amide bonds. The third kappa shape index (κ3) is 4.81. The van der Waals surface area contributed by atoms with Crippen LogP contribution in [0.1, 0.15) is 23.6 Å². The van der Waals surface area contributed by atoms with Crippen LogP contribution in [0.3, 0.4) is 0 Å². The van der Waals surface area contributed by atoms with Gasteiger partial charge in [0, 0.05) is 19.1 Å². The summed E-state index contributed by atoms with van der Waals surface area (Å²) in [5.74, 6) is 2.45. The third-order valence-electron chi connectivity index (χ3n) is 4.58. The Balaban J connectivity index is 1.39. The quantitative estimate of drug-likeness (QED) is 0.771. The second-order valence-electron chi connectivity index (χ2n) is 6.51. The van der Waals surface area contributed by atoms with Gasteiger partial charge >= 0.3 is 0 Å². The lowest BCUT2D eigenvalue weighted by molar-refractivity contribution is 0.192. The standard InChI is InChI=1S/C19H24N4O2/c1-15-12-21-19(25-15)14-22(2)17-7-8-23(13-17)9-10-24-18-5-3-16(11-20)4-6-18/h3-6,12,17H,7-10,13-14H2,1-2H3. The molecule has 6 heteroatoms. The highest BCUT2D eigenvalue weighted by Crippen LogP contribution is 2.17. The zero-order chi connectivity index (χ0) is 17.6. The first kappa shape index (κ1) is 17.5. The van der Waals surface area contributed by atoms with Crippen molar-refractivity contribution in [2.45, 2.75) is 25.9 Å². The number of aromatic nitrogens is 1. The number of benzene rings is 1. The monoisotopic (exact) mass is 340 g/mol. The number of nitriles is 1. The molecule has 0 aliphatic carbocycles. The fraction of sp³-hybridized carbons (Fsp3) is 0.474. The van der Waals surface area contributed by atoms with E-state index in [0.717, 1.165) is 50.0 Å². The number of hydrogen-bond donors (Lipinski definition) is 0. The summed E-state index contributed by atoms with van der Waals surface area (Å²) in [5, 5.41) is 8.80. The number of nitrogens with zero attached hydrogens (tertiary/aromatic N) is 4. The molecule has 1 saturated heterocycles. The maximum atomic E-state index is 8.80. The highest BCUT2D eigenvalue weighted by atomic mass is 16.5. The molecule has 6 nitrogen and oxygen atoms in total. The minimum atomic E-state index is 0.516. The largest absolute Gasteiger partial charge is 0.492 e. The molecule has 0 spiro atoms. The Morgan fingerprint density at radius 1 is 1.40 bits per heavy atom. The number of hydrogen-bond acceptors (Lipinski definition) is 6. The third-order valence-corrected chi connectivity index (χ3v) is 4.58. The van der Waals surface area contributed by atoms with Gasteiger partial charge in [0.05, 0.1) is 24.4 Å². The molecule has 0 saturated carbocycles. The molecular weight excluding hydrogens is 316 g/mol. The van der Waals surface area contributed by atoms with Crippen LogP contribution in [0.15, 0.2) is 34.9 Å². The smallest absolute Gasteiger partial charge is 0.208 e. The van der Waals surface area contributed by atoms with Crippen LogP contribution < -0.4 is 4.74 Å². The van der Waals surface area contributed by atoms with Gasteiger partial charge in [0.2, 0.25) is 5.89 Å². The SMILES string of the molecule is Cc1cnc(CN(C)C2CCN(CCOc3ccc(C#N)cc3)C2)o1. The minimum Gasteiger partial charge on any atom is -0.492 e. The van der Waals surface area contributed by atoms with Gasteiger partial charge in [-0.1, -0.05) is 0 Å². The van der Waals surface area contributed by atoms with Crippen LogP contribution in [0.25, 0.3) is 0 Å². The predicted octanol–water partition coefficient (Wildman–Crippen LogP) is 2.44. The number of oxazole rings is 1. The summed E-state index contributed by atoms with van der Waals surface area (Å²) >= 11 is 0. The molecule has 2 aromatic rings. The van der Waals surface area contributed by atoms with Crippen LogP contribution >= 0.6 is 0 Å². The van der Waals surface area contributed by atoms with Crippen molar-refractivity contribution in [1.29, 1.82) is 5.26 Å². The van der Waals surface area contributed by atoms with Crippen molar-refractivity contribution in [1.82, 2.24) is 14.8 Å².